The summed E-state index contributed by atoms with van der Waals surface area (Å²) in [6.45, 7) is 0.276. The normalized spacial score (nSPS) is 10.9. The van der Waals surface area contributed by atoms with E-state index in [0.29, 0.717) is 16.5 Å². The summed E-state index contributed by atoms with van der Waals surface area (Å²) in [5.74, 6) is 0.418. The monoisotopic (exact) mass is 369 g/mol. The zero-order valence-corrected chi connectivity index (χ0v) is 14.5. The van der Waals surface area contributed by atoms with Crippen LogP contribution in [0.4, 0.5) is 0 Å². The third kappa shape index (κ3) is 3.24. The lowest BCUT2D eigenvalue weighted by atomic mass is 10.2. The summed E-state index contributed by atoms with van der Waals surface area (Å²) in [6.07, 6.45) is 1.86. The highest BCUT2D eigenvalue weighted by atomic mass is 35.5. The van der Waals surface area contributed by atoms with Gasteiger partial charge in [-0.3, -0.25) is 9.20 Å². The van der Waals surface area contributed by atoms with Gasteiger partial charge in [0, 0.05) is 22.2 Å². The van der Waals surface area contributed by atoms with Gasteiger partial charge < -0.3 is 5.32 Å². The van der Waals surface area contributed by atoms with E-state index in [9.17, 15) is 4.79 Å². The fourth-order valence-corrected chi connectivity index (χ4v) is 3.30. The molecule has 25 heavy (non-hydrogen) atoms. The molecule has 8 heteroatoms. The second kappa shape index (κ2) is 6.62. The van der Waals surface area contributed by atoms with Crippen LogP contribution in [0.1, 0.15) is 16.3 Å². The number of rotatable bonds is 4. The van der Waals surface area contributed by atoms with Gasteiger partial charge in [-0.25, -0.2) is 4.98 Å². The number of aromatic nitrogens is 4. The summed E-state index contributed by atoms with van der Waals surface area (Å²) in [4.78, 5) is 16.7. The van der Waals surface area contributed by atoms with Crippen molar-refractivity contribution in [3.63, 3.8) is 0 Å². The first-order valence-electron chi connectivity index (χ1n) is 7.49. The van der Waals surface area contributed by atoms with E-state index in [4.69, 9.17) is 11.6 Å². The third-order valence-corrected chi connectivity index (χ3v) is 4.76. The Kier molecular flexibility index (Phi) is 4.17. The fraction of sp³-hybridized carbons (Fsp3) is 0.0588. The van der Waals surface area contributed by atoms with Crippen LogP contribution in [0.2, 0.25) is 5.02 Å². The minimum Gasteiger partial charge on any atom is -0.343 e. The lowest BCUT2D eigenvalue weighted by Gasteiger charge is -2.02. The van der Waals surface area contributed by atoms with Crippen molar-refractivity contribution in [1.82, 2.24) is 24.9 Å². The number of nitrogens with zero attached hydrogens (tertiary/aromatic N) is 4. The van der Waals surface area contributed by atoms with Gasteiger partial charge in [-0.1, -0.05) is 29.8 Å². The minimum absolute atomic E-state index is 0.246. The molecule has 124 valence electrons. The van der Waals surface area contributed by atoms with Crippen molar-refractivity contribution >= 4 is 34.5 Å². The Morgan fingerprint density at radius 1 is 1.16 bits per heavy atom. The van der Waals surface area contributed by atoms with Crippen LogP contribution in [-0.4, -0.2) is 25.5 Å². The summed E-state index contributed by atoms with van der Waals surface area (Å²) in [5.41, 5.74) is 2.05. The molecule has 0 aliphatic carbocycles. The average Bonchev–Trinajstić information content (AvgIpc) is 3.28. The summed E-state index contributed by atoms with van der Waals surface area (Å²) >= 11 is 7.31. The molecule has 0 radical (unpaired) electrons. The Morgan fingerprint density at radius 2 is 2.00 bits per heavy atom. The molecule has 6 nitrogen and oxygen atoms in total. The largest absolute Gasteiger partial charge is 0.343 e. The second-order valence-electron chi connectivity index (χ2n) is 5.27. The number of benzene rings is 1. The molecule has 3 aromatic heterocycles. The highest BCUT2D eigenvalue weighted by molar-refractivity contribution is 7.13. The van der Waals surface area contributed by atoms with Crippen LogP contribution in [-0.2, 0) is 6.54 Å². The molecule has 1 amide bonds. The van der Waals surface area contributed by atoms with Gasteiger partial charge in [0.15, 0.2) is 11.5 Å². The van der Waals surface area contributed by atoms with Crippen LogP contribution in [0.25, 0.3) is 16.2 Å². The van der Waals surface area contributed by atoms with Gasteiger partial charge in [0.05, 0.1) is 6.54 Å². The summed E-state index contributed by atoms with van der Waals surface area (Å²) < 4.78 is 1.83. The van der Waals surface area contributed by atoms with Gasteiger partial charge in [0.25, 0.3) is 5.91 Å². The number of amides is 1. The molecule has 0 spiro atoms. The molecule has 0 saturated carbocycles. The Balaban J connectivity index is 1.47. The van der Waals surface area contributed by atoms with Gasteiger partial charge in [0.1, 0.15) is 10.7 Å². The number of hydrogen-bond acceptors (Lipinski definition) is 5. The lowest BCUT2D eigenvalue weighted by molar-refractivity contribution is 0.0945. The third-order valence-electron chi connectivity index (χ3n) is 3.62. The molecular weight excluding hydrogens is 358 g/mol. The first-order chi connectivity index (χ1) is 12.2. The number of fused-ring (bicyclic) bond motifs is 1. The molecule has 0 aliphatic heterocycles. The first kappa shape index (κ1) is 15.7. The van der Waals surface area contributed by atoms with Gasteiger partial charge in [0.2, 0.25) is 0 Å². The van der Waals surface area contributed by atoms with E-state index in [1.807, 2.05) is 40.9 Å². The quantitative estimate of drug-likeness (QED) is 0.598. The molecule has 0 fully saturated rings. The van der Waals surface area contributed by atoms with E-state index in [-0.39, 0.29) is 12.5 Å². The predicted octanol–water partition coefficient (Wildman–Crippen LogP) is 3.44. The maximum atomic E-state index is 12.3. The van der Waals surface area contributed by atoms with Gasteiger partial charge in [-0.2, -0.15) is 0 Å². The molecule has 1 N–H and O–H groups in total. The molecular formula is C17H12ClN5OS. The summed E-state index contributed by atoms with van der Waals surface area (Å²) in [6, 6.07) is 13.0. The highest BCUT2D eigenvalue weighted by Gasteiger charge is 2.13. The van der Waals surface area contributed by atoms with Gasteiger partial charge >= 0.3 is 0 Å². The van der Waals surface area contributed by atoms with Crippen molar-refractivity contribution in [2.24, 2.45) is 0 Å². The fourth-order valence-electron chi connectivity index (χ4n) is 2.36. The van der Waals surface area contributed by atoms with Crippen molar-refractivity contribution < 1.29 is 4.79 Å². The first-order valence-corrected chi connectivity index (χ1v) is 8.75. The SMILES string of the molecule is O=C(NCc1nnc2ccccn12)c1csc(-c2ccc(Cl)cc2)n1. The molecule has 4 aromatic rings. The Labute approximate surface area is 152 Å². The zero-order valence-electron chi connectivity index (χ0n) is 12.9. The summed E-state index contributed by atoms with van der Waals surface area (Å²) in [5, 5.41) is 14.2. The molecule has 0 unspecified atom stereocenters. The molecule has 4 rings (SSSR count). The van der Waals surface area contributed by atoms with Crippen LogP contribution in [0.5, 0.6) is 0 Å². The van der Waals surface area contributed by atoms with Gasteiger partial charge in [-0.15, -0.1) is 21.5 Å². The topological polar surface area (TPSA) is 72.2 Å². The number of thiazole rings is 1. The number of halogens is 1. The standard InChI is InChI=1S/C17H12ClN5OS/c18-12-6-4-11(5-7-12)17-20-13(10-25-17)16(24)19-9-15-22-21-14-3-1-2-8-23(14)15/h1-8,10H,9H2,(H,19,24). The highest BCUT2D eigenvalue weighted by Crippen LogP contribution is 2.25. The number of nitrogens with one attached hydrogen (secondary N) is 1. The predicted molar refractivity (Wildman–Crippen MR) is 96.7 cm³/mol. The van der Waals surface area contributed by atoms with E-state index in [1.165, 1.54) is 11.3 Å². The zero-order chi connectivity index (χ0) is 17.2. The Morgan fingerprint density at radius 3 is 2.84 bits per heavy atom. The maximum absolute atomic E-state index is 12.3. The second-order valence-corrected chi connectivity index (χ2v) is 6.57. The maximum Gasteiger partial charge on any atom is 0.271 e. The Bertz CT molecular complexity index is 1040. The molecule has 0 atom stereocenters. The molecule has 3 heterocycles. The number of hydrogen-bond donors (Lipinski definition) is 1. The van der Waals surface area contributed by atoms with E-state index < -0.39 is 0 Å². The molecule has 1 aromatic carbocycles. The van der Waals surface area contributed by atoms with E-state index in [2.05, 4.69) is 20.5 Å². The van der Waals surface area contributed by atoms with E-state index in [0.717, 1.165) is 16.2 Å². The number of carbonyl (C=O) groups is 1. The van der Waals surface area contributed by atoms with Crippen LogP contribution in [0.3, 0.4) is 0 Å². The smallest absolute Gasteiger partial charge is 0.271 e. The minimum atomic E-state index is -0.246. The number of carbonyl (C=O) groups excluding carboxylic acids is 1. The van der Waals surface area contributed by atoms with Gasteiger partial charge in [-0.05, 0) is 24.3 Å². The van der Waals surface area contributed by atoms with Crippen molar-refractivity contribution in [1.29, 1.82) is 0 Å². The molecule has 0 aliphatic rings. The van der Waals surface area contributed by atoms with Crippen LogP contribution < -0.4 is 5.32 Å². The van der Waals surface area contributed by atoms with Crippen molar-refractivity contribution in [2.45, 2.75) is 6.54 Å². The van der Waals surface area contributed by atoms with Crippen LogP contribution in [0, 0.1) is 0 Å². The Hall–Kier alpha value is -2.77. The van der Waals surface area contributed by atoms with E-state index >= 15 is 0 Å². The summed E-state index contributed by atoms with van der Waals surface area (Å²) in [7, 11) is 0. The van der Waals surface area contributed by atoms with Crippen LogP contribution >= 0.6 is 22.9 Å². The molecule has 0 bridgehead atoms. The van der Waals surface area contributed by atoms with Crippen molar-refractivity contribution in [3.05, 3.63) is 70.6 Å². The van der Waals surface area contributed by atoms with Crippen molar-refractivity contribution in [3.8, 4) is 10.6 Å². The average molecular weight is 370 g/mol. The lowest BCUT2D eigenvalue weighted by Crippen LogP contribution is -2.24. The molecule has 0 saturated heterocycles. The van der Waals surface area contributed by atoms with E-state index in [1.54, 1.807) is 17.5 Å². The number of pyridine rings is 1. The van der Waals surface area contributed by atoms with Crippen LogP contribution in [0.15, 0.2) is 54.0 Å². The van der Waals surface area contributed by atoms with Crippen molar-refractivity contribution in [2.75, 3.05) is 0 Å².